The molecule has 2 heterocycles. The maximum absolute atomic E-state index is 12.7. The molecule has 1 aromatic carbocycles. The third kappa shape index (κ3) is 3.18. The van der Waals surface area contributed by atoms with Crippen molar-refractivity contribution in [3.8, 4) is 17.2 Å². The molecular weight excluding hydrogens is 384 g/mol. The molecule has 1 amide bonds. The van der Waals surface area contributed by atoms with Crippen LogP contribution >= 0.6 is 0 Å². The summed E-state index contributed by atoms with van der Waals surface area (Å²) >= 11 is 0. The summed E-state index contributed by atoms with van der Waals surface area (Å²) in [6, 6.07) is 1.14. The first-order valence-electron chi connectivity index (χ1n) is 8.83. The highest BCUT2D eigenvalue weighted by Crippen LogP contribution is 2.44. The summed E-state index contributed by atoms with van der Waals surface area (Å²) < 4.78 is 17.4. The van der Waals surface area contributed by atoms with Crippen molar-refractivity contribution in [2.45, 2.75) is 31.8 Å². The van der Waals surface area contributed by atoms with Gasteiger partial charge in [0, 0.05) is 11.0 Å². The van der Waals surface area contributed by atoms with Crippen LogP contribution in [0.1, 0.15) is 36.9 Å². The third-order valence-electron chi connectivity index (χ3n) is 4.89. The summed E-state index contributed by atoms with van der Waals surface area (Å²) in [5.74, 6) is -0.925. The second-order valence-electron chi connectivity index (χ2n) is 6.82. The molecule has 0 bridgehead atoms. The Labute approximate surface area is 165 Å². The Morgan fingerprint density at radius 3 is 2.14 bits per heavy atom. The summed E-state index contributed by atoms with van der Waals surface area (Å²) in [4.78, 5) is 36.5. The van der Waals surface area contributed by atoms with Gasteiger partial charge in [0.15, 0.2) is 11.5 Å². The number of carbonyl (C=O) groups excluding carboxylic acids is 1. The standard InChI is InChI=1S/C18H22N4O7/c1-8(2)21-16-13(17(23)20-21)12(14(22(25)26)18(24)19-16)9-6-10(27-3)15(29-5)11(7-9)28-4/h6-8,12,14H,1-5H3,(H,19,24)(H,20,23)/t12-,14+/m1/s1. The predicted molar refractivity (Wildman–Crippen MR) is 103 cm³/mol. The lowest BCUT2D eigenvalue weighted by Crippen LogP contribution is -2.45. The Kier molecular flexibility index (Phi) is 5.23. The number of nitro groups is 1. The van der Waals surface area contributed by atoms with Gasteiger partial charge < -0.3 is 19.5 Å². The molecule has 2 atom stereocenters. The van der Waals surface area contributed by atoms with Crippen molar-refractivity contribution in [3.05, 3.63) is 43.7 Å². The number of benzene rings is 1. The van der Waals surface area contributed by atoms with Crippen LogP contribution in [0.5, 0.6) is 17.2 Å². The van der Waals surface area contributed by atoms with Crippen molar-refractivity contribution in [1.29, 1.82) is 0 Å². The number of hydrogen-bond donors (Lipinski definition) is 2. The SMILES string of the molecule is COc1cc([C@@H]2c3c(n(C(C)C)[nH]c3=O)NC(=O)[C@H]2[N+](=O)[O-])cc(OC)c1OC. The fourth-order valence-corrected chi connectivity index (χ4v) is 3.61. The molecule has 1 aliphatic rings. The quantitative estimate of drug-likeness (QED) is 0.548. The summed E-state index contributed by atoms with van der Waals surface area (Å²) in [6.45, 7) is 3.63. The van der Waals surface area contributed by atoms with Crippen molar-refractivity contribution in [3.63, 3.8) is 0 Å². The van der Waals surface area contributed by atoms with Crippen LogP contribution in [0.4, 0.5) is 5.82 Å². The van der Waals surface area contributed by atoms with Gasteiger partial charge in [0.2, 0.25) is 5.75 Å². The molecule has 2 N–H and O–H groups in total. The van der Waals surface area contributed by atoms with Gasteiger partial charge in [-0.25, -0.2) is 0 Å². The molecule has 29 heavy (non-hydrogen) atoms. The van der Waals surface area contributed by atoms with Crippen molar-refractivity contribution in [2.75, 3.05) is 26.6 Å². The van der Waals surface area contributed by atoms with E-state index in [2.05, 4.69) is 10.4 Å². The molecule has 0 saturated carbocycles. The Bertz CT molecular complexity index is 999. The Balaban J connectivity index is 2.33. The van der Waals surface area contributed by atoms with Crippen LogP contribution in [0.3, 0.4) is 0 Å². The molecule has 1 aliphatic heterocycles. The minimum Gasteiger partial charge on any atom is -0.493 e. The van der Waals surface area contributed by atoms with Crippen LogP contribution < -0.4 is 25.1 Å². The van der Waals surface area contributed by atoms with E-state index in [9.17, 15) is 19.7 Å². The predicted octanol–water partition coefficient (Wildman–Crippen LogP) is 1.51. The smallest absolute Gasteiger partial charge is 0.301 e. The molecule has 2 aromatic rings. The molecular formula is C18H22N4O7. The van der Waals surface area contributed by atoms with Crippen LogP contribution in [-0.4, -0.2) is 48.0 Å². The van der Waals surface area contributed by atoms with Crippen molar-refractivity contribution >= 4 is 11.7 Å². The molecule has 0 unspecified atom stereocenters. The third-order valence-corrected chi connectivity index (χ3v) is 4.89. The van der Waals surface area contributed by atoms with Gasteiger partial charge in [0.05, 0.1) is 32.8 Å². The number of nitrogens with one attached hydrogen (secondary N) is 2. The molecule has 3 rings (SSSR count). The Morgan fingerprint density at radius 1 is 1.10 bits per heavy atom. The number of nitrogens with zero attached hydrogens (tertiary/aromatic N) is 2. The van der Waals surface area contributed by atoms with Gasteiger partial charge in [-0.3, -0.25) is 29.5 Å². The number of hydrogen-bond acceptors (Lipinski definition) is 7. The second-order valence-corrected chi connectivity index (χ2v) is 6.82. The van der Waals surface area contributed by atoms with E-state index >= 15 is 0 Å². The Morgan fingerprint density at radius 2 is 1.69 bits per heavy atom. The van der Waals surface area contributed by atoms with Crippen molar-refractivity contribution in [1.82, 2.24) is 9.78 Å². The van der Waals surface area contributed by atoms with Gasteiger partial charge in [0.1, 0.15) is 5.82 Å². The maximum Gasteiger partial charge on any atom is 0.301 e. The van der Waals surface area contributed by atoms with Crippen LogP contribution in [0.15, 0.2) is 16.9 Å². The number of ether oxygens (including phenoxy) is 3. The van der Waals surface area contributed by atoms with Gasteiger partial charge in [-0.05, 0) is 31.5 Å². The monoisotopic (exact) mass is 406 g/mol. The van der Waals surface area contributed by atoms with Gasteiger partial charge in [-0.15, -0.1) is 0 Å². The Hall–Kier alpha value is -3.50. The number of aromatic amines is 1. The number of fused-ring (bicyclic) bond motifs is 1. The molecule has 0 saturated heterocycles. The first kappa shape index (κ1) is 20.2. The fraction of sp³-hybridized carbons (Fsp3) is 0.444. The van der Waals surface area contributed by atoms with Crippen LogP contribution in [0.25, 0.3) is 0 Å². The van der Waals surface area contributed by atoms with Gasteiger partial charge in [0.25, 0.3) is 5.56 Å². The van der Waals surface area contributed by atoms with Gasteiger partial charge >= 0.3 is 11.9 Å². The molecule has 0 spiro atoms. The van der Waals surface area contributed by atoms with E-state index in [1.54, 1.807) is 0 Å². The summed E-state index contributed by atoms with van der Waals surface area (Å²) in [5, 5.41) is 16.9. The van der Waals surface area contributed by atoms with Crippen LogP contribution in [0, 0.1) is 10.1 Å². The van der Waals surface area contributed by atoms with Crippen molar-refractivity contribution in [2.24, 2.45) is 0 Å². The average Bonchev–Trinajstić information content (AvgIpc) is 3.01. The largest absolute Gasteiger partial charge is 0.493 e. The number of H-pyrrole nitrogens is 1. The molecule has 11 heteroatoms. The van der Waals surface area contributed by atoms with E-state index in [0.717, 1.165) is 0 Å². The summed E-state index contributed by atoms with van der Waals surface area (Å²) in [7, 11) is 4.25. The number of rotatable bonds is 6. The lowest BCUT2D eigenvalue weighted by atomic mass is 9.83. The number of anilines is 1. The summed E-state index contributed by atoms with van der Waals surface area (Å²) in [6.07, 6.45) is 0. The zero-order valence-corrected chi connectivity index (χ0v) is 16.6. The van der Waals surface area contributed by atoms with Crippen molar-refractivity contribution < 1.29 is 23.9 Å². The first-order chi connectivity index (χ1) is 13.7. The number of aromatic nitrogens is 2. The minimum absolute atomic E-state index is 0.106. The lowest BCUT2D eigenvalue weighted by molar-refractivity contribution is -0.509. The van der Waals surface area contributed by atoms with Crippen LogP contribution in [0.2, 0.25) is 0 Å². The van der Waals surface area contributed by atoms with Gasteiger partial charge in [-0.1, -0.05) is 0 Å². The van der Waals surface area contributed by atoms with E-state index in [-0.39, 0.29) is 28.9 Å². The van der Waals surface area contributed by atoms with Gasteiger partial charge in [-0.2, -0.15) is 0 Å². The normalized spacial score (nSPS) is 18.2. The fourth-order valence-electron chi connectivity index (χ4n) is 3.61. The molecule has 0 radical (unpaired) electrons. The highest BCUT2D eigenvalue weighted by molar-refractivity contribution is 5.98. The maximum atomic E-state index is 12.7. The van der Waals surface area contributed by atoms with E-state index in [1.165, 1.54) is 38.1 Å². The number of amides is 1. The molecule has 156 valence electrons. The minimum atomic E-state index is -1.70. The second kappa shape index (κ2) is 7.49. The average molecular weight is 406 g/mol. The number of carbonyl (C=O) groups is 1. The molecule has 11 nitrogen and oxygen atoms in total. The van der Waals surface area contributed by atoms with E-state index < -0.39 is 28.3 Å². The van der Waals surface area contributed by atoms with E-state index in [4.69, 9.17) is 14.2 Å². The van der Waals surface area contributed by atoms with E-state index in [1.807, 2.05) is 13.8 Å². The molecule has 0 aliphatic carbocycles. The summed E-state index contributed by atoms with van der Waals surface area (Å²) in [5.41, 5.74) is -0.0853. The zero-order valence-electron chi connectivity index (χ0n) is 16.6. The molecule has 1 aromatic heterocycles. The first-order valence-corrected chi connectivity index (χ1v) is 8.83. The highest BCUT2D eigenvalue weighted by Gasteiger charge is 2.49. The van der Waals surface area contributed by atoms with E-state index in [0.29, 0.717) is 11.3 Å². The lowest BCUT2D eigenvalue weighted by Gasteiger charge is -2.27. The topological polar surface area (TPSA) is 138 Å². The van der Waals surface area contributed by atoms with Crippen LogP contribution in [-0.2, 0) is 4.79 Å². The molecule has 0 fully saturated rings. The number of methoxy groups -OCH3 is 3. The zero-order chi connectivity index (χ0) is 21.5. The highest BCUT2D eigenvalue weighted by atomic mass is 16.6.